The molecule has 0 bridgehead atoms. The molecule has 0 saturated carbocycles. The normalized spacial score (nSPS) is 13.6. The van der Waals surface area contributed by atoms with E-state index in [1.54, 1.807) is 0 Å². The van der Waals surface area contributed by atoms with E-state index in [2.05, 4.69) is 13.2 Å². The summed E-state index contributed by atoms with van der Waals surface area (Å²) >= 11 is 0. The van der Waals surface area contributed by atoms with E-state index in [-0.39, 0.29) is 11.4 Å². The van der Waals surface area contributed by atoms with Gasteiger partial charge in [-0.05, 0) is 27.7 Å². The second kappa shape index (κ2) is 8.23. The number of ether oxygens (including phenoxy) is 3. The number of carbonyl (C=O) groups excluding carboxylic acids is 2. The maximum atomic E-state index is 11.8. The van der Waals surface area contributed by atoms with Crippen LogP contribution in [0.15, 0.2) is 24.6 Å². The molecular formula is C16H34N8O5. The highest BCUT2D eigenvalue weighted by atomic mass is 16.6. The Balaban J connectivity index is 5.66. The zero-order chi connectivity index (χ0) is 23.6. The van der Waals surface area contributed by atoms with Gasteiger partial charge in [0.25, 0.3) is 0 Å². The molecule has 0 saturated heterocycles. The highest BCUT2D eigenvalue weighted by molar-refractivity contribution is 5.87. The van der Waals surface area contributed by atoms with Crippen LogP contribution in [0, 0.1) is 0 Å². The summed E-state index contributed by atoms with van der Waals surface area (Å²) in [6, 6.07) is 0. The van der Waals surface area contributed by atoms with Gasteiger partial charge in [0.2, 0.25) is 5.85 Å². The summed E-state index contributed by atoms with van der Waals surface area (Å²) in [5.41, 5.74) is 38.8. The Kier molecular flexibility index (Phi) is 7.59. The summed E-state index contributed by atoms with van der Waals surface area (Å²) in [5.74, 6) is -4.26. The lowest BCUT2D eigenvalue weighted by molar-refractivity contribution is -0.233. The number of nitrogens with two attached hydrogens (primary N) is 8. The van der Waals surface area contributed by atoms with Crippen molar-refractivity contribution in [3.8, 4) is 0 Å². The molecule has 29 heavy (non-hydrogen) atoms. The van der Waals surface area contributed by atoms with Crippen molar-refractivity contribution < 1.29 is 23.8 Å². The third-order valence-electron chi connectivity index (χ3n) is 4.50. The fraction of sp³-hybridized carbons (Fsp3) is 0.625. The number of hydrogen-bond donors (Lipinski definition) is 8. The standard InChI is InChI=1S/C16H34N8O5/c1-8(17)10(25)27-7-14(19,20)12(3,4)29-16(23,24)15(21,22)13(5,6)28-11(26)9(2)18/h1-2,7,17-24H2,3-6H3. The predicted molar refractivity (Wildman–Crippen MR) is 106 cm³/mol. The molecule has 0 aliphatic rings. The molecule has 168 valence electrons. The van der Waals surface area contributed by atoms with Crippen molar-refractivity contribution in [2.45, 2.75) is 56.1 Å². The minimum Gasteiger partial charge on any atom is -0.458 e. The quantitative estimate of drug-likeness (QED) is 0.0967. The molecule has 13 nitrogen and oxygen atoms in total. The van der Waals surface area contributed by atoms with Gasteiger partial charge >= 0.3 is 11.9 Å². The molecular weight excluding hydrogens is 384 g/mol. The molecule has 0 aliphatic carbocycles. The van der Waals surface area contributed by atoms with Gasteiger partial charge in [-0.25, -0.2) is 9.59 Å². The molecule has 16 N–H and O–H groups in total. The van der Waals surface area contributed by atoms with Crippen LogP contribution in [0.4, 0.5) is 0 Å². The van der Waals surface area contributed by atoms with Crippen LogP contribution >= 0.6 is 0 Å². The van der Waals surface area contributed by atoms with Gasteiger partial charge in [0.05, 0.1) is 0 Å². The van der Waals surface area contributed by atoms with E-state index in [1.165, 1.54) is 27.7 Å². The average molecular weight is 418 g/mol. The first kappa shape index (κ1) is 26.7. The first-order valence-electron chi connectivity index (χ1n) is 8.34. The number of rotatable bonds is 10. The lowest BCUT2D eigenvalue weighted by atomic mass is 9.86. The fourth-order valence-corrected chi connectivity index (χ4v) is 1.91. The van der Waals surface area contributed by atoms with Gasteiger partial charge in [-0.1, -0.05) is 13.2 Å². The number of esters is 2. The van der Waals surface area contributed by atoms with Crippen molar-refractivity contribution in [2.75, 3.05) is 6.61 Å². The SMILES string of the molecule is C=C(N)C(=O)OCC(N)(N)C(C)(C)OC(N)(N)C(N)(N)C(C)(C)OC(=O)C(=C)N. The Morgan fingerprint density at radius 2 is 1.21 bits per heavy atom. The van der Waals surface area contributed by atoms with Gasteiger partial charge in [-0.3, -0.25) is 11.5 Å². The molecule has 0 atom stereocenters. The lowest BCUT2D eigenvalue weighted by Crippen LogP contribution is -2.87. The Labute approximate surface area is 169 Å². The van der Waals surface area contributed by atoms with E-state index in [0.717, 1.165) is 0 Å². The zero-order valence-corrected chi connectivity index (χ0v) is 17.3. The fourth-order valence-electron chi connectivity index (χ4n) is 1.91. The molecule has 0 heterocycles. The molecule has 0 aromatic rings. The molecule has 0 spiro atoms. The molecule has 0 radical (unpaired) electrons. The van der Waals surface area contributed by atoms with Crippen LogP contribution in [0.2, 0.25) is 0 Å². The van der Waals surface area contributed by atoms with Crippen LogP contribution in [-0.2, 0) is 23.8 Å². The van der Waals surface area contributed by atoms with Gasteiger partial charge in [-0.2, -0.15) is 0 Å². The summed E-state index contributed by atoms with van der Waals surface area (Å²) in [6.07, 6.45) is 0. The van der Waals surface area contributed by atoms with Gasteiger partial charge in [0.15, 0.2) is 5.66 Å². The Morgan fingerprint density at radius 1 is 0.793 bits per heavy atom. The summed E-state index contributed by atoms with van der Waals surface area (Å²) in [7, 11) is 0. The summed E-state index contributed by atoms with van der Waals surface area (Å²) < 4.78 is 15.7. The Hall–Kier alpha value is -2.26. The maximum Gasteiger partial charge on any atom is 0.354 e. The molecule has 0 fully saturated rings. The summed E-state index contributed by atoms with van der Waals surface area (Å²) in [6.45, 7) is 11.4. The van der Waals surface area contributed by atoms with E-state index in [1.807, 2.05) is 0 Å². The molecule has 0 aromatic carbocycles. The zero-order valence-electron chi connectivity index (χ0n) is 17.3. The minimum absolute atomic E-state index is 0.348. The van der Waals surface area contributed by atoms with Crippen LogP contribution in [-0.4, -0.2) is 46.9 Å². The first-order valence-corrected chi connectivity index (χ1v) is 8.34. The van der Waals surface area contributed by atoms with Crippen LogP contribution in [0.3, 0.4) is 0 Å². The number of carbonyl (C=O) groups is 2. The topological polar surface area (TPSA) is 270 Å². The van der Waals surface area contributed by atoms with Gasteiger partial charge < -0.3 is 48.6 Å². The highest BCUT2D eigenvalue weighted by Crippen LogP contribution is 2.32. The Bertz CT molecular complexity index is 685. The van der Waals surface area contributed by atoms with Crippen LogP contribution in [0.1, 0.15) is 27.7 Å². The molecule has 0 amide bonds. The number of hydrogen-bond acceptors (Lipinski definition) is 13. The predicted octanol–water partition coefficient (Wildman–Crippen LogP) is -3.61. The monoisotopic (exact) mass is 418 g/mol. The summed E-state index contributed by atoms with van der Waals surface area (Å²) in [5, 5.41) is 0. The minimum atomic E-state index is -2.36. The van der Waals surface area contributed by atoms with E-state index in [0.29, 0.717) is 0 Å². The Morgan fingerprint density at radius 3 is 1.59 bits per heavy atom. The maximum absolute atomic E-state index is 11.8. The average Bonchev–Trinajstić information content (AvgIpc) is 2.50. The van der Waals surface area contributed by atoms with E-state index >= 15 is 0 Å². The largest absolute Gasteiger partial charge is 0.458 e. The third-order valence-corrected chi connectivity index (χ3v) is 4.50. The highest BCUT2D eigenvalue weighted by Gasteiger charge is 2.58. The molecule has 0 unspecified atom stereocenters. The second-order valence-corrected chi connectivity index (χ2v) is 7.84. The summed E-state index contributed by atoms with van der Waals surface area (Å²) in [4.78, 5) is 23.3. The smallest absolute Gasteiger partial charge is 0.354 e. The van der Waals surface area contributed by atoms with Crippen LogP contribution in [0.5, 0.6) is 0 Å². The van der Waals surface area contributed by atoms with Crippen molar-refractivity contribution in [1.82, 2.24) is 0 Å². The van der Waals surface area contributed by atoms with E-state index in [9.17, 15) is 9.59 Å². The van der Waals surface area contributed by atoms with Gasteiger partial charge in [0, 0.05) is 0 Å². The van der Waals surface area contributed by atoms with Crippen LogP contribution in [0.25, 0.3) is 0 Å². The van der Waals surface area contributed by atoms with Gasteiger partial charge in [0.1, 0.15) is 34.9 Å². The van der Waals surface area contributed by atoms with Crippen molar-refractivity contribution >= 4 is 11.9 Å². The van der Waals surface area contributed by atoms with Crippen molar-refractivity contribution in [1.29, 1.82) is 0 Å². The second-order valence-electron chi connectivity index (χ2n) is 7.84. The van der Waals surface area contributed by atoms with E-state index < -0.39 is 46.9 Å². The third kappa shape index (κ3) is 5.86. The van der Waals surface area contributed by atoms with E-state index in [4.69, 9.17) is 60.1 Å². The molecule has 13 heteroatoms. The van der Waals surface area contributed by atoms with Crippen molar-refractivity contribution in [3.63, 3.8) is 0 Å². The van der Waals surface area contributed by atoms with Crippen molar-refractivity contribution in [3.05, 3.63) is 24.6 Å². The molecule has 0 rings (SSSR count). The first-order chi connectivity index (χ1) is 12.6. The van der Waals surface area contributed by atoms with Crippen molar-refractivity contribution in [2.24, 2.45) is 45.9 Å². The van der Waals surface area contributed by atoms with Gasteiger partial charge in [-0.15, -0.1) is 0 Å². The molecule has 0 aliphatic heterocycles. The molecule has 0 aromatic heterocycles. The van der Waals surface area contributed by atoms with Crippen LogP contribution < -0.4 is 45.9 Å². The lowest BCUT2D eigenvalue weighted by Gasteiger charge is -2.52.